The molecule has 3 heteroatoms. The minimum absolute atomic E-state index is 0.263. The number of hydrogen-bond donors (Lipinski definition) is 2. The quantitative estimate of drug-likeness (QED) is 0.535. The first kappa shape index (κ1) is 9.59. The van der Waals surface area contributed by atoms with Gasteiger partial charge in [0.15, 0.2) is 0 Å². The van der Waals surface area contributed by atoms with Gasteiger partial charge in [-0.25, -0.2) is 0 Å². The maximum atomic E-state index is 10.4. The minimum Gasteiger partial charge on any atom is -0.395 e. The largest absolute Gasteiger partial charge is 0.395 e. The van der Waals surface area contributed by atoms with E-state index < -0.39 is 5.41 Å². The molecule has 0 heterocycles. The van der Waals surface area contributed by atoms with Gasteiger partial charge in [-0.3, -0.25) is 0 Å². The molecule has 0 bridgehead atoms. The lowest BCUT2D eigenvalue weighted by atomic mass is 9.87. The number of carbonyl (C=O) groups is 1. The molecule has 0 fully saturated rings. The molecule has 0 unspecified atom stereocenters. The van der Waals surface area contributed by atoms with Crippen LogP contribution in [0.25, 0.3) is 0 Å². The highest BCUT2D eigenvalue weighted by Gasteiger charge is 2.26. The van der Waals surface area contributed by atoms with Crippen molar-refractivity contribution in [3.05, 3.63) is 0 Å². The first-order valence-electron chi connectivity index (χ1n) is 3.42. The van der Waals surface area contributed by atoms with Crippen LogP contribution >= 0.6 is 0 Å². The summed E-state index contributed by atoms with van der Waals surface area (Å²) in [6.45, 7) is 1.38. The summed E-state index contributed by atoms with van der Waals surface area (Å²) >= 11 is 0. The van der Waals surface area contributed by atoms with E-state index in [0.29, 0.717) is 12.7 Å². The number of aliphatic hydroxyl groups is 2. The van der Waals surface area contributed by atoms with E-state index in [2.05, 4.69) is 0 Å². The van der Waals surface area contributed by atoms with Crippen LogP contribution in [0.1, 0.15) is 19.8 Å². The van der Waals surface area contributed by atoms with Crippen molar-refractivity contribution in [1.82, 2.24) is 0 Å². The molecule has 3 nitrogen and oxygen atoms in total. The van der Waals surface area contributed by atoms with Gasteiger partial charge in [-0.2, -0.15) is 0 Å². The van der Waals surface area contributed by atoms with E-state index in [1.165, 1.54) is 0 Å². The second-order valence-corrected chi connectivity index (χ2v) is 2.55. The van der Waals surface area contributed by atoms with Crippen LogP contribution in [0, 0.1) is 5.41 Å². The summed E-state index contributed by atoms with van der Waals surface area (Å²) in [6, 6.07) is 0. The average molecular weight is 146 g/mol. The van der Waals surface area contributed by atoms with Crippen LogP contribution < -0.4 is 0 Å². The second-order valence-electron chi connectivity index (χ2n) is 2.55. The summed E-state index contributed by atoms with van der Waals surface area (Å²) in [5.41, 5.74) is -0.894. The highest BCUT2D eigenvalue weighted by Crippen LogP contribution is 2.18. The second kappa shape index (κ2) is 4.41. The Hall–Kier alpha value is -0.410. The summed E-state index contributed by atoms with van der Waals surface area (Å²) in [7, 11) is 0. The Morgan fingerprint density at radius 3 is 2.00 bits per heavy atom. The highest BCUT2D eigenvalue weighted by molar-refractivity contribution is 5.59. The van der Waals surface area contributed by atoms with Gasteiger partial charge in [0, 0.05) is 0 Å². The lowest BCUT2D eigenvalue weighted by Crippen LogP contribution is -2.31. The highest BCUT2D eigenvalue weighted by atomic mass is 16.3. The molecule has 0 saturated heterocycles. The van der Waals surface area contributed by atoms with Gasteiger partial charge in [-0.1, -0.05) is 13.3 Å². The minimum atomic E-state index is -0.894. The van der Waals surface area contributed by atoms with Crippen molar-refractivity contribution >= 4 is 6.29 Å². The topological polar surface area (TPSA) is 57.5 Å². The molecule has 0 aliphatic rings. The number of rotatable bonds is 5. The van der Waals surface area contributed by atoms with Gasteiger partial charge in [0.2, 0.25) is 0 Å². The summed E-state index contributed by atoms with van der Waals surface area (Å²) in [4.78, 5) is 10.4. The van der Waals surface area contributed by atoms with Crippen molar-refractivity contribution in [2.24, 2.45) is 5.41 Å². The normalized spacial score (nSPS) is 11.5. The third-order valence-corrected chi connectivity index (χ3v) is 1.63. The molecule has 2 N–H and O–H groups in total. The van der Waals surface area contributed by atoms with Crippen molar-refractivity contribution in [3.8, 4) is 0 Å². The molecule has 0 amide bonds. The molecular weight excluding hydrogens is 132 g/mol. The molecule has 0 atom stereocenters. The molecule has 0 radical (unpaired) electrons. The summed E-state index contributed by atoms with van der Waals surface area (Å²) in [5, 5.41) is 17.4. The van der Waals surface area contributed by atoms with Gasteiger partial charge < -0.3 is 15.0 Å². The summed E-state index contributed by atoms with van der Waals surface area (Å²) in [5.74, 6) is 0. The Kier molecular flexibility index (Phi) is 4.23. The maximum absolute atomic E-state index is 10.4. The number of hydrogen-bond acceptors (Lipinski definition) is 3. The molecule has 0 aromatic carbocycles. The van der Waals surface area contributed by atoms with Crippen LogP contribution in [0.2, 0.25) is 0 Å². The third kappa shape index (κ3) is 2.08. The van der Waals surface area contributed by atoms with Gasteiger partial charge >= 0.3 is 0 Å². The third-order valence-electron chi connectivity index (χ3n) is 1.63. The molecule has 0 saturated carbocycles. The van der Waals surface area contributed by atoms with Crippen molar-refractivity contribution in [2.75, 3.05) is 13.2 Å². The SMILES string of the molecule is CCCC(C=O)(CO)CO. The standard InChI is InChI=1S/C7H14O3/c1-2-3-7(4-8,5-9)6-10/h4,9-10H,2-3,5-6H2,1H3. The molecule has 0 aromatic rings. The van der Waals surface area contributed by atoms with Crippen molar-refractivity contribution < 1.29 is 15.0 Å². The van der Waals surface area contributed by atoms with Crippen molar-refractivity contribution in [3.63, 3.8) is 0 Å². The molecule has 0 aromatic heterocycles. The average Bonchev–Trinajstić information content (AvgIpc) is 2.01. The van der Waals surface area contributed by atoms with E-state index in [1.807, 2.05) is 6.92 Å². The lowest BCUT2D eigenvalue weighted by molar-refractivity contribution is -0.121. The molecule has 0 aliphatic carbocycles. The van der Waals surface area contributed by atoms with E-state index in [-0.39, 0.29) is 13.2 Å². The zero-order chi connectivity index (χ0) is 8.04. The van der Waals surface area contributed by atoms with Gasteiger partial charge in [0.1, 0.15) is 6.29 Å². The molecule has 10 heavy (non-hydrogen) atoms. The number of carbonyl (C=O) groups excluding carboxylic acids is 1. The Labute approximate surface area is 60.7 Å². The van der Waals surface area contributed by atoms with Crippen LogP contribution in [0.5, 0.6) is 0 Å². The zero-order valence-electron chi connectivity index (χ0n) is 6.21. The monoisotopic (exact) mass is 146 g/mol. The zero-order valence-corrected chi connectivity index (χ0v) is 6.21. The van der Waals surface area contributed by atoms with Crippen LogP contribution in [-0.2, 0) is 4.79 Å². The number of aldehydes is 1. The fourth-order valence-electron chi connectivity index (χ4n) is 0.839. The molecular formula is C7H14O3. The molecule has 0 aliphatic heterocycles. The molecule has 0 rings (SSSR count). The summed E-state index contributed by atoms with van der Waals surface area (Å²) in [6.07, 6.45) is 1.97. The van der Waals surface area contributed by atoms with Crippen molar-refractivity contribution in [2.45, 2.75) is 19.8 Å². The first-order chi connectivity index (χ1) is 4.74. The number of aliphatic hydroxyl groups excluding tert-OH is 2. The van der Waals surface area contributed by atoms with Gasteiger partial charge in [0.25, 0.3) is 0 Å². The Bertz CT molecular complexity index is 97.0. The van der Waals surface area contributed by atoms with Crippen LogP contribution in [0.15, 0.2) is 0 Å². The Morgan fingerprint density at radius 2 is 1.90 bits per heavy atom. The molecule has 0 spiro atoms. The molecule has 60 valence electrons. The predicted molar refractivity (Wildman–Crippen MR) is 37.6 cm³/mol. The van der Waals surface area contributed by atoms with E-state index in [1.54, 1.807) is 0 Å². The maximum Gasteiger partial charge on any atom is 0.130 e. The Balaban J connectivity index is 4.00. The first-order valence-corrected chi connectivity index (χ1v) is 3.42. The predicted octanol–water partition coefficient (Wildman–Crippen LogP) is -0.0436. The van der Waals surface area contributed by atoms with Gasteiger partial charge in [-0.05, 0) is 6.42 Å². The van der Waals surface area contributed by atoms with Crippen molar-refractivity contribution in [1.29, 1.82) is 0 Å². The van der Waals surface area contributed by atoms with Crippen LogP contribution in [0.4, 0.5) is 0 Å². The summed E-state index contributed by atoms with van der Waals surface area (Å²) < 4.78 is 0. The van der Waals surface area contributed by atoms with E-state index in [4.69, 9.17) is 10.2 Å². The fourth-order valence-corrected chi connectivity index (χ4v) is 0.839. The lowest BCUT2D eigenvalue weighted by Gasteiger charge is -2.21. The van der Waals surface area contributed by atoms with E-state index >= 15 is 0 Å². The van der Waals surface area contributed by atoms with Crippen LogP contribution in [0.3, 0.4) is 0 Å². The van der Waals surface area contributed by atoms with Gasteiger partial charge in [-0.15, -0.1) is 0 Å². The van der Waals surface area contributed by atoms with Crippen LogP contribution in [-0.4, -0.2) is 29.7 Å². The fraction of sp³-hybridized carbons (Fsp3) is 0.857. The smallest absolute Gasteiger partial charge is 0.130 e. The van der Waals surface area contributed by atoms with E-state index in [0.717, 1.165) is 6.42 Å². The Morgan fingerprint density at radius 1 is 1.40 bits per heavy atom. The van der Waals surface area contributed by atoms with E-state index in [9.17, 15) is 4.79 Å². The van der Waals surface area contributed by atoms with Gasteiger partial charge in [0.05, 0.1) is 18.6 Å².